The molecule has 0 unspecified atom stereocenters. The summed E-state index contributed by atoms with van der Waals surface area (Å²) in [6.07, 6.45) is 8.35. The normalized spacial score (nSPS) is 18.6. The summed E-state index contributed by atoms with van der Waals surface area (Å²) in [4.78, 5) is 8.54. The van der Waals surface area contributed by atoms with Crippen molar-refractivity contribution in [3.8, 4) is 0 Å². The second-order valence-electron chi connectivity index (χ2n) is 9.26. The molecular formula is C24H30N5O4S-. The third kappa shape index (κ3) is 4.36. The number of nitrogens with one attached hydrogen (secondary N) is 1. The Morgan fingerprint density at radius 1 is 1.12 bits per heavy atom. The number of anilines is 2. The molecule has 0 radical (unpaired) electrons. The molecule has 5 rings (SSSR count). The number of rotatable bonds is 5. The Morgan fingerprint density at radius 3 is 2.38 bits per heavy atom. The van der Waals surface area contributed by atoms with Crippen molar-refractivity contribution in [2.45, 2.75) is 71.3 Å². The molecule has 0 bridgehead atoms. The molecule has 1 aromatic carbocycles. The minimum Gasteiger partial charge on any atom is -0.845 e. The number of nitrogens with zero attached hydrogens (tertiary/aromatic N) is 4. The summed E-state index contributed by atoms with van der Waals surface area (Å²) in [7, 11) is -4.35. The molecule has 0 spiro atoms. The quantitative estimate of drug-likeness (QED) is 0.510. The standard InChI is InChI=1S/C24H31N5O4S/c1-15-22(14-25-16(2)26-15)29(19-9-11-33-12-10-19)34(31,32)28-24(30)27-23-20-7-3-5-17(20)13-18-6-4-8-21(18)23/h13-14,19H,3-12H2,1-2H3,(H2,27,28,30)/p-1. The minimum absolute atomic E-state index is 0.343. The van der Waals surface area contributed by atoms with Gasteiger partial charge in [-0.3, -0.25) is 0 Å². The second-order valence-corrected chi connectivity index (χ2v) is 10.7. The number of hydrogen-bond donors (Lipinski definition) is 1. The highest BCUT2D eigenvalue weighted by Crippen LogP contribution is 2.38. The summed E-state index contributed by atoms with van der Waals surface area (Å²) >= 11 is 0. The lowest BCUT2D eigenvalue weighted by atomic mass is 9.99. The first-order chi connectivity index (χ1) is 16.3. The molecule has 9 nitrogen and oxygen atoms in total. The Kier molecular flexibility index (Phi) is 6.20. The van der Waals surface area contributed by atoms with Gasteiger partial charge in [-0.05, 0) is 87.5 Å². The lowest BCUT2D eigenvalue weighted by Crippen LogP contribution is -2.44. The van der Waals surface area contributed by atoms with E-state index in [4.69, 9.17) is 4.74 Å². The average Bonchev–Trinajstić information content (AvgIpc) is 3.45. The van der Waals surface area contributed by atoms with Crippen LogP contribution in [0.2, 0.25) is 0 Å². The SMILES string of the molecule is Cc1ncc(N(C2CCOCC2)S(=O)(=O)/N=C(\[O-])Nc2c3c(cc4c2CCC4)CCC3)c(C)n1. The first-order valence-electron chi connectivity index (χ1n) is 12.0. The topological polar surface area (TPSA) is 120 Å². The van der Waals surface area contributed by atoms with Crippen LogP contribution in [0.3, 0.4) is 0 Å². The van der Waals surface area contributed by atoms with E-state index in [1.165, 1.54) is 21.6 Å². The van der Waals surface area contributed by atoms with Gasteiger partial charge in [0, 0.05) is 18.9 Å². The zero-order valence-corrected chi connectivity index (χ0v) is 20.4. The minimum atomic E-state index is -4.35. The van der Waals surface area contributed by atoms with E-state index >= 15 is 0 Å². The Hall–Kier alpha value is -2.72. The fourth-order valence-corrected chi connectivity index (χ4v) is 6.83. The zero-order valence-electron chi connectivity index (χ0n) is 19.6. The molecule has 0 amide bonds. The first-order valence-corrected chi connectivity index (χ1v) is 13.4. The molecule has 2 aromatic rings. The highest BCUT2D eigenvalue weighted by atomic mass is 32.2. The Bertz CT molecular complexity index is 1210. The fourth-order valence-electron chi connectivity index (χ4n) is 5.47. The van der Waals surface area contributed by atoms with Gasteiger partial charge < -0.3 is 15.2 Å². The van der Waals surface area contributed by atoms with Gasteiger partial charge in [-0.25, -0.2) is 14.3 Å². The summed E-state index contributed by atoms with van der Waals surface area (Å²) in [6, 6.07) is 1.02. The number of ether oxygens (including phenoxy) is 1. The van der Waals surface area contributed by atoms with Gasteiger partial charge >= 0.3 is 10.2 Å². The summed E-state index contributed by atoms with van der Waals surface area (Å²) < 4.78 is 37.4. The zero-order chi connectivity index (χ0) is 23.9. The van der Waals surface area contributed by atoms with Gasteiger partial charge in [-0.1, -0.05) is 6.07 Å². The second kappa shape index (κ2) is 9.14. The van der Waals surface area contributed by atoms with Crippen LogP contribution in [-0.4, -0.2) is 43.7 Å². The van der Waals surface area contributed by atoms with E-state index in [2.05, 4.69) is 25.7 Å². The lowest BCUT2D eigenvalue weighted by Gasteiger charge is -2.34. The predicted octanol–water partition coefficient (Wildman–Crippen LogP) is 2.13. The maximum atomic E-state index is 13.5. The van der Waals surface area contributed by atoms with Crippen molar-refractivity contribution in [2.75, 3.05) is 22.8 Å². The summed E-state index contributed by atoms with van der Waals surface area (Å²) in [6.45, 7) is 4.37. The van der Waals surface area contributed by atoms with Gasteiger partial charge in [-0.2, -0.15) is 8.42 Å². The third-order valence-corrected chi connectivity index (χ3v) is 8.37. The van der Waals surface area contributed by atoms with Crippen molar-refractivity contribution in [3.05, 3.63) is 46.0 Å². The summed E-state index contributed by atoms with van der Waals surface area (Å²) in [5, 5.41) is 15.9. The average molecular weight is 485 g/mol. The number of aryl methyl sites for hydroxylation is 4. The van der Waals surface area contributed by atoms with Crippen LogP contribution in [0.15, 0.2) is 16.7 Å². The van der Waals surface area contributed by atoms with Crippen molar-refractivity contribution in [1.29, 1.82) is 0 Å². The van der Waals surface area contributed by atoms with E-state index < -0.39 is 16.2 Å². The van der Waals surface area contributed by atoms with Crippen LogP contribution in [0, 0.1) is 13.8 Å². The van der Waals surface area contributed by atoms with E-state index in [0.29, 0.717) is 43.3 Å². The van der Waals surface area contributed by atoms with Crippen molar-refractivity contribution in [3.63, 3.8) is 0 Å². The Morgan fingerprint density at radius 2 is 1.76 bits per heavy atom. The van der Waals surface area contributed by atoms with Gasteiger partial charge in [0.1, 0.15) is 5.82 Å². The van der Waals surface area contributed by atoms with Crippen LogP contribution in [0.5, 0.6) is 0 Å². The predicted molar refractivity (Wildman–Crippen MR) is 128 cm³/mol. The monoisotopic (exact) mass is 484 g/mol. The smallest absolute Gasteiger partial charge is 0.345 e. The molecule has 2 heterocycles. The number of benzene rings is 1. The maximum absolute atomic E-state index is 13.5. The van der Waals surface area contributed by atoms with Crippen molar-refractivity contribution in [1.82, 2.24) is 9.97 Å². The van der Waals surface area contributed by atoms with E-state index in [1.54, 1.807) is 13.8 Å². The van der Waals surface area contributed by atoms with Crippen LogP contribution in [-0.2, 0) is 40.6 Å². The largest absolute Gasteiger partial charge is 0.845 e. The van der Waals surface area contributed by atoms with Gasteiger partial charge in [0.25, 0.3) is 0 Å². The van der Waals surface area contributed by atoms with Crippen LogP contribution in [0.25, 0.3) is 0 Å². The molecule has 34 heavy (non-hydrogen) atoms. The number of hydrogen-bond acceptors (Lipinski definition) is 6. The van der Waals surface area contributed by atoms with Gasteiger partial charge in [0.05, 0.1) is 29.6 Å². The molecule has 1 aromatic heterocycles. The summed E-state index contributed by atoms with van der Waals surface area (Å²) in [5.74, 6) is 0.548. The van der Waals surface area contributed by atoms with Gasteiger partial charge in [0.15, 0.2) is 0 Å². The highest BCUT2D eigenvalue weighted by molar-refractivity contribution is 7.91. The number of amidine groups is 1. The molecule has 2 aliphatic carbocycles. The van der Waals surface area contributed by atoms with E-state index in [9.17, 15) is 13.5 Å². The van der Waals surface area contributed by atoms with Crippen LogP contribution >= 0.6 is 0 Å². The van der Waals surface area contributed by atoms with Crippen molar-refractivity contribution in [2.24, 2.45) is 4.40 Å². The molecule has 1 N–H and O–H groups in total. The summed E-state index contributed by atoms with van der Waals surface area (Å²) in [5.41, 5.74) is 6.42. The van der Waals surface area contributed by atoms with E-state index in [0.717, 1.165) is 55.3 Å². The third-order valence-electron chi connectivity index (χ3n) is 6.99. The molecule has 1 aliphatic heterocycles. The molecule has 1 saturated heterocycles. The van der Waals surface area contributed by atoms with Crippen LogP contribution in [0.1, 0.15) is 59.5 Å². The molecule has 182 valence electrons. The molecule has 0 atom stereocenters. The molecule has 1 fully saturated rings. The van der Waals surface area contributed by atoms with Crippen molar-refractivity contribution < 1.29 is 18.3 Å². The lowest BCUT2D eigenvalue weighted by molar-refractivity contribution is -0.213. The molecule has 10 heteroatoms. The fraction of sp³-hybridized carbons (Fsp3) is 0.542. The van der Waals surface area contributed by atoms with Crippen LogP contribution in [0.4, 0.5) is 11.4 Å². The van der Waals surface area contributed by atoms with E-state index in [1.807, 2.05) is 0 Å². The molecule has 0 saturated carbocycles. The van der Waals surface area contributed by atoms with Crippen molar-refractivity contribution >= 4 is 27.6 Å². The number of fused-ring (bicyclic) bond motifs is 2. The highest BCUT2D eigenvalue weighted by Gasteiger charge is 2.33. The Balaban J connectivity index is 1.51. The maximum Gasteiger partial charge on any atom is 0.345 e. The first kappa shape index (κ1) is 23.0. The Labute approximate surface area is 200 Å². The van der Waals surface area contributed by atoms with Gasteiger partial charge in [0.2, 0.25) is 0 Å². The molecule has 3 aliphatic rings. The van der Waals surface area contributed by atoms with Gasteiger partial charge in [-0.15, -0.1) is 4.40 Å². The van der Waals surface area contributed by atoms with E-state index in [-0.39, 0.29) is 6.04 Å². The number of aromatic nitrogens is 2. The van der Waals surface area contributed by atoms with Crippen LogP contribution < -0.4 is 14.7 Å². The molecular weight excluding hydrogens is 454 g/mol.